The van der Waals surface area contributed by atoms with Crippen molar-refractivity contribution < 1.29 is 10.2 Å². The van der Waals surface area contributed by atoms with Gasteiger partial charge in [0, 0.05) is 16.9 Å². The summed E-state index contributed by atoms with van der Waals surface area (Å²) in [6.07, 6.45) is 0.0197. The summed E-state index contributed by atoms with van der Waals surface area (Å²) in [4.78, 5) is 4.20. The molecule has 1 aromatic heterocycles. The molecule has 2 rings (SSSR count). The van der Waals surface area contributed by atoms with E-state index in [0.717, 1.165) is 10.9 Å². The molecule has 0 aliphatic rings. The number of hydrogen-bond donors (Lipinski definition) is 2. The van der Waals surface area contributed by atoms with Crippen LogP contribution in [0.25, 0.3) is 10.9 Å². The second kappa shape index (κ2) is 4.91. The summed E-state index contributed by atoms with van der Waals surface area (Å²) in [5, 5.41) is 20.7. The monoisotopic (exact) mass is 281 g/mol. The van der Waals surface area contributed by atoms with Crippen LogP contribution in [0.2, 0.25) is 0 Å². The average molecular weight is 282 g/mol. The van der Waals surface area contributed by atoms with Crippen LogP contribution >= 0.6 is 15.9 Å². The molecule has 2 aromatic rings. The second-order valence-electron chi connectivity index (χ2n) is 3.62. The van der Waals surface area contributed by atoms with Crippen molar-refractivity contribution in [3.8, 4) is 0 Å². The van der Waals surface area contributed by atoms with Crippen molar-refractivity contribution in [2.45, 2.75) is 12.2 Å². The van der Waals surface area contributed by atoms with Crippen molar-refractivity contribution in [1.29, 1.82) is 0 Å². The fraction of sp³-hybridized carbons (Fsp3) is 0.250. The zero-order valence-corrected chi connectivity index (χ0v) is 10.1. The van der Waals surface area contributed by atoms with Crippen LogP contribution < -0.4 is 0 Å². The molecule has 0 amide bonds. The number of pyridine rings is 1. The number of alkyl halides is 1. The van der Waals surface area contributed by atoms with E-state index in [2.05, 4.69) is 20.9 Å². The van der Waals surface area contributed by atoms with E-state index in [-0.39, 0.29) is 0 Å². The highest BCUT2D eigenvalue weighted by atomic mass is 79.9. The molecular weight excluding hydrogens is 270 g/mol. The zero-order valence-electron chi connectivity index (χ0n) is 8.55. The maximum Gasteiger partial charge on any atom is 0.106 e. The molecule has 0 aliphatic heterocycles. The van der Waals surface area contributed by atoms with Crippen molar-refractivity contribution >= 4 is 26.8 Å². The standard InChI is InChI=1S/C12H12BrNO2/c13-7-11(15)12(16)9-4-3-8-2-1-5-14-10(8)6-9/h1-6,11-12,15-16H,7H2. The second-order valence-corrected chi connectivity index (χ2v) is 4.27. The minimum Gasteiger partial charge on any atom is -0.389 e. The minimum atomic E-state index is -0.884. The summed E-state index contributed by atoms with van der Waals surface area (Å²) in [7, 11) is 0. The van der Waals surface area contributed by atoms with Crippen LogP contribution in [0.4, 0.5) is 0 Å². The largest absolute Gasteiger partial charge is 0.389 e. The molecule has 0 aliphatic carbocycles. The summed E-state index contributed by atoms with van der Waals surface area (Å²) in [6.45, 7) is 0. The van der Waals surface area contributed by atoms with Crippen molar-refractivity contribution in [3.63, 3.8) is 0 Å². The minimum absolute atomic E-state index is 0.342. The summed E-state index contributed by atoms with van der Waals surface area (Å²) >= 11 is 3.14. The molecule has 3 nitrogen and oxygen atoms in total. The lowest BCUT2D eigenvalue weighted by Crippen LogP contribution is -2.19. The van der Waals surface area contributed by atoms with E-state index in [9.17, 15) is 10.2 Å². The molecule has 0 bridgehead atoms. The van der Waals surface area contributed by atoms with Crippen molar-refractivity contribution in [1.82, 2.24) is 4.98 Å². The quantitative estimate of drug-likeness (QED) is 0.847. The third-order valence-corrected chi connectivity index (χ3v) is 3.16. The molecule has 2 N–H and O–H groups in total. The topological polar surface area (TPSA) is 53.4 Å². The molecule has 2 unspecified atom stereocenters. The average Bonchev–Trinajstić information content (AvgIpc) is 2.36. The SMILES string of the molecule is OC(CBr)C(O)c1ccc2cccnc2c1. The Hall–Kier alpha value is -0.970. The number of fused-ring (bicyclic) bond motifs is 1. The van der Waals surface area contributed by atoms with Gasteiger partial charge in [-0.05, 0) is 17.7 Å². The third kappa shape index (κ3) is 2.24. The first kappa shape index (κ1) is 11.5. The van der Waals surface area contributed by atoms with Crippen LogP contribution in [0, 0.1) is 0 Å². The van der Waals surface area contributed by atoms with Crippen LogP contribution in [0.15, 0.2) is 36.5 Å². The summed E-state index contributed by atoms with van der Waals surface area (Å²) < 4.78 is 0. The number of halogens is 1. The molecule has 0 saturated heterocycles. The van der Waals surface area contributed by atoms with Crippen LogP contribution in [0.3, 0.4) is 0 Å². The lowest BCUT2D eigenvalue weighted by atomic mass is 10.0. The Morgan fingerprint density at radius 3 is 2.81 bits per heavy atom. The molecule has 16 heavy (non-hydrogen) atoms. The summed E-state index contributed by atoms with van der Waals surface area (Å²) in [5.41, 5.74) is 1.50. The maximum atomic E-state index is 9.84. The van der Waals surface area contributed by atoms with Gasteiger partial charge in [0.15, 0.2) is 0 Å². The lowest BCUT2D eigenvalue weighted by Gasteiger charge is -2.16. The molecule has 0 fully saturated rings. The highest BCUT2D eigenvalue weighted by molar-refractivity contribution is 9.09. The predicted molar refractivity (Wildman–Crippen MR) is 66.5 cm³/mol. The number of aromatic nitrogens is 1. The van der Waals surface area contributed by atoms with E-state index in [1.54, 1.807) is 18.3 Å². The molecule has 0 spiro atoms. The third-order valence-electron chi connectivity index (χ3n) is 2.49. The van der Waals surface area contributed by atoms with Gasteiger partial charge in [-0.25, -0.2) is 0 Å². The first-order valence-electron chi connectivity index (χ1n) is 4.99. The van der Waals surface area contributed by atoms with E-state index >= 15 is 0 Å². The van der Waals surface area contributed by atoms with E-state index in [0.29, 0.717) is 10.9 Å². The van der Waals surface area contributed by atoms with Gasteiger partial charge in [0.25, 0.3) is 0 Å². The van der Waals surface area contributed by atoms with Crippen LogP contribution in [0.5, 0.6) is 0 Å². The van der Waals surface area contributed by atoms with Gasteiger partial charge in [0.05, 0.1) is 11.6 Å². The number of rotatable bonds is 3. The summed E-state index contributed by atoms with van der Waals surface area (Å²) in [5.74, 6) is 0. The molecule has 2 atom stereocenters. The normalized spacial score (nSPS) is 14.9. The Morgan fingerprint density at radius 2 is 2.06 bits per heavy atom. The fourth-order valence-corrected chi connectivity index (χ4v) is 1.93. The van der Waals surface area contributed by atoms with E-state index in [1.807, 2.05) is 18.2 Å². The highest BCUT2D eigenvalue weighted by Crippen LogP contribution is 2.21. The number of hydrogen-bond acceptors (Lipinski definition) is 3. The Kier molecular flexibility index (Phi) is 3.53. The number of benzene rings is 1. The lowest BCUT2D eigenvalue weighted by molar-refractivity contribution is 0.0343. The van der Waals surface area contributed by atoms with Crippen molar-refractivity contribution in [3.05, 3.63) is 42.1 Å². The predicted octanol–water partition coefficient (Wildman–Crippen LogP) is 2.02. The van der Waals surface area contributed by atoms with Gasteiger partial charge < -0.3 is 10.2 Å². The van der Waals surface area contributed by atoms with Gasteiger partial charge in [0.2, 0.25) is 0 Å². The molecule has 4 heteroatoms. The summed E-state index contributed by atoms with van der Waals surface area (Å²) in [6, 6.07) is 9.32. The van der Waals surface area contributed by atoms with Gasteiger partial charge in [0.1, 0.15) is 6.10 Å². The van der Waals surface area contributed by atoms with E-state index < -0.39 is 12.2 Å². The first-order valence-corrected chi connectivity index (χ1v) is 6.11. The van der Waals surface area contributed by atoms with Gasteiger partial charge >= 0.3 is 0 Å². The number of aliphatic hydroxyl groups excluding tert-OH is 2. The van der Waals surface area contributed by atoms with Gasteiger partial charge in [-0.2, -0.15) is 0 Å². The Labute approximate surface area is 102 Å². The highest BCUT2D eigenvalue weighted by Gasteiger charge is 2.17. The van der Waals surface area contributed by atoms with Crippen LogP contribution in [-0.4, -0.2) is 26.6 Å². The zero-order chi connectivity index (χ0) is 11.5. The molecule has 1 heterocycles. The Bertz CT molecular complexity index is 489. The maximum absolute atomic E-state index is 9.84. The Balaban J connectivity index is 2.39. The van der Waals surface area contributed by atoms with Crippen molar-refractivity contribution in [2.75, 3.05) is 5.33 Å². The van der Waals surface area contributed by atoms with Crippen LogP contribution in [-0.2, 0) is 0 Å². The smallest absolute Gasteiger partial charge is 0.106 e. The van der Waals surface area contributed by atoms with Gasteiger partial charge in [-0.15, -0.1) is 0 Å². The van der Waals surface area contributed by atoms with Crippen molar-refractivity contribution in [2.24, 2.45) is 0 Å². The molecule has 1 aromatic carbocycles. The van der Waals surface area contributed by atoms with Gasteiger partial charge in [-0.1, -0.05) is 34.1 Å². The number of nitrogens with zero attached hydrogens (tertiary/aromatic N) is 1. The van der Waals surface area contributed by atoms with E-state index in [1.165, 1.54) is 0 Å². The first-order chi connectivity index (χ1) is 7.72. The van der Waals surface area contributed by atoms with Gasteiger partial charge in [-0.3, -0.25) is 4.98 Å². The van der Waals surface area contributed by atoms with Crippen LogP contribution in [0.1, 0.15) is 11.7 Å². The molecule has 0 saturated carbocycles. The number of aliphatic hydroxyl groups is 2. The molecule has 84 valence electrons. The molecular formula is C12H12BrNO2. The Morgan fingerprint density at radius 1 is 1.25 bits per heavy atom. The molecule has 0 radical (unpaired) electrons. The van der Waals surface area contributed by atoms with E-state index in [4.69, 9.17) is 0 Å². The fourth-order valence-electron chi connectivity index (χ4n) is 1.57.